The molecule has 1 amide bonds. The molecule has 1 aromatic heterocycles. The van der Waals surface area contributed by atoms with E-state index in [0.29, 0.717) is 12.0 Å². The molecule has 0 bridgehead atoms. The van der Waals surface area contributed by atoms with Crippen molar-refractivity contribution in [2.45, 2.75) is 33.2 Å². The van der Waals surface area contributed by atoms with Crippen molar-refractivity contribution in [3.05, 3.63) is 21.4 Å². The number of likely N-dealkylation sites (tertiary alicyclic amines) is 1. The molecule has 2 fully saturated rings. The first-order valence-corrected chi connectivity index (χ1v) is 9.12. The summed E-state index contributed by atoms with van der Waals surface area (Å²) in [5, 5.41) is 0. The van der Waals surface area contributed by atoms with Crippen molar-refractivity contribution in [2.24, 2.45) is 5.92 Å². The molecule has 22 heavy (non-hydrogen) atoms. The van der Waals surface area contributed by atoms with Crippen LogP contribution in [-0.4, -0.2) is 61.1 Å². The van der Waals surface area contributed by atoms with Crippen LogP contribution in [-0.2, 0) is 11.2 Å². The van der Waals surface area contributed by atoms with Gasteiger partial charge in [-0.1, -0.05) is 13.8 Å². The van der Waals surface area contributed by atoms with Crippen LogP contribution in [0.4, 0.5) is 0 Å². The molecule has 0 radical (unpaired) electrons. The molecule has 0 aliphatic carbocycles. The quantitative estimate of drug-likeness (QED) is 0.857. The van der Waals surface area contributed by atoms with E-state index in [1.807, 2.05) is 0 Å². The summed E-state index contributed by atoms with van der Waals surface area (Å²) in [5.74, 6) is 0.754. The van der Waals surface area contributed by atoms with Gasteiger partial charge in [0.25, 0.3) is 5.91 Å². The lowest BCUT2D eigenvalue weighted by Gasteiger charge is -2.33. The third kappa shape index (κ3) is 3.07. The molecule has 0 saturated carbocycles. The van der Waals surface area contributed by atoms with E-state index in [2.05, 4.69) is 36.6 Å². The SMILES string of the molecule is CCc1sc(C(=O)N2C[C@@H](C)[C@H](N3CCOCC3)C2)cc1C. The highest BCUT2D eigenvalue weighted by molar-refractivity contribution is 7.14. The number of nitrogens with zero attached hydrogens (tertiary/aromatic N) is 2. The Bertz CT molecular complexity index is 537. The van der Waals surface area contributed by atoms with Crippen molar-refractivity contribution in [1.82, 2.24) is 9.80 Å². The van der Waals surface area contributed by atoms with Crippen molar-refractivity contribution in [3.63, 3.8) is 0 Å². The molecule has 2 atom stereocenters. The van der Waals surface area contributed by atoms with Crippen molar-refractivity contribution < 1.29 is 9.53 Å². The number of hydrogen-bond donors (Lipinski definition) is 0. The zero-order valence-electron chi connectivity index (χ0n) is 13.8. The van der Waals surface area contributed by atoms with E-state index >= 15 is 0 Å². The van der Waals surface area contributed by atoms with Gasteiger partial charge in [0.2, 0.25) is 0 Å². The number of carbonyl (C=O) groups is 1. The van der Waals surface area contributed by atoms with Gasteiger partial charge in [0.05, 0.1) is 18.1 Å². The van der Waals surface area contributed by atoms with Gasteiger partial charge >= 0.3 is 0 Å². The van der Waals surface area contributed by atoms with Crippen LogP contribution in [0.25, 0.3) is 0 Å². The lowest BCUT2D eigenvalue weighted by Crippen LogP contribution is -2.47. The normalized spacial score (nSPS) is 26.6. The van der Waals surface area contributed by atoms with Gasteiger partial charge in [-0.15, -0.1) is 11.3 Å². The van der Waals surface area contributed by atoms with Gasteiger partial charge in [0.1, 0.15) is 0 Å². The van der Waals surface area contributed by atoms with Gasteiger partial charge in [0, 0.05) is 37.1 Å². The molecule has 0 N–H and O–H groups in total. The lowest BCUT2D eigenvalue weighted by atomic mass is 10.0. The summed E-state index contributed by atoms with van der Waals surface area (Å²) in [4.78, 5) is 19.6. The van der Waals surface area contributed by atoms with E-state index in [1.165, 1.54) is 10.4 Å². The zero-order valence-corrected chi connectivity index (χ0v) is 14.6. The first-order chi connectivity index (χ1) is 10.6. The Kier molecular flexibility index (Phi) is 4.85. The summed E-state index contributed by atoms with van der Waals surface area (Å²) in [5.41, 5.74) is 1.26. The molecule has 0 spiro atoms. The summed E-state index contributed by atoms with van der Waals surface area (Å²) in [6, 6.07) is 2.55. The number of aryl methyl sites for hydroxylation is 2. The fraction of sp³-hybridized carbons (Fsp3) is 0.706. The van der Waals surface area contributed by atoms with Crippen LogP contribution >= 0.6 is 11.3 Å². The Hall–Kier alpha value is -0.910. The third-order valence-electron chi connectivity index (χ3n) is 4.93. The van der Waals surface area contributed by atoms with Gasteiger partial charge in [-0.05, 0) is 30.9 Å². The van der Waals surface area contributed by atoms with Crippen LogP contribution in [0.15, 0.2) is 6.07 Å². The molecule has 3 heterocycles. The second kappa shape index (κ2) is 6.69. The molecule has 2 aliphatic rings. The Balaban J connectivity index is 1.68. The first kappa shape index (κ1) is 16.0. The highest BCUT2D eigenvalue weighted by Gasteiger charge is 2.37. The van der Waals surface area contributed by atoms with Crippen molar-refractivity contribution >= 4 is 17.2 Å². The van der Waals surface area contributed by atoms with E-state index in [9.17, 15) is 4.79 Å². The number of thiophene rings is 1. The maximum atomic E-state index is 12.8. The minimum atomic E-state index is 0.218. The van der Waals surface area contributed by atoms with Gasteiger partial charge in [-0.25, -0.2) is 0 Å². The minimum absolute atomic E-state index is 0.218. The topological polar surface area (TPSA) is 32.8 Å². The van der Waals surface area contributed by atoms with E-state index in [-0.39, 0.29) is 5.91 Å². The van der Waals surface area contributed by atoms with Crippen LogP contribution < -0.4 is 0 Å². The second-order valence-electron chi connectivity index (χ2n) is 6.47. The molecular formula is C17H26N2O2S. The standard InChI is InChI=1S/C17H26N2O2S/c1-4-15-12(2)9-16(22-15)17(20)19-10-13(3)14(11-19)18-5-7-21-8-6-18/h9,13-14H,4-8,10-11H2,1-3H3/t13-,14-/m1/s1. The van der Waals surface area contributed by atoms with E-state index in [0.717, 1.165) is 50.7 Å². The van der Waals surface area contributed by atoms with Gasteiger partial charge < -0.3 is 9.64 Å². The van der Waals surface area contributed by atoms with E-state index in [4.69, 9.17) is 4.74 Å². The van der Waals surface area contributed by atoms with Crippen LogP contribution in [0.1, 0.15) is 34.0 Å². The summed E-state index contributed by atoms with van der Waals surface area (Å²) in [6.45, 7) is 11.9. The molecule has 0 aromatic carbocycles. The third-order valence-corrected chi connectivity index (χ3v) is 6.30. The average Bonchev–Trinajstić information content (AvgIpc) is 3.10. The van der Waals surface area contributed by atoms with Crippen LogP contribution in [0, 0.1) is 12.8 Å². The van der Waals surface area contributed by atoms with Gasteiger partial charge in [0.15, 0.2) is 0 Å². The molecule has 2 saturated heterocycles. The summed E-state index contributed by atoms with van der Waals surface area (Å²) >= 11 is 1.67. The number of rotatable bonds is 3. The Morgan fingerprint density at radius 2 is 2.09 bits per heavy atom. The number of morpholine rings is 1. The maximum Gasteiger partial charge on any atom is 0.264 e. The van der Waals surface area contributed by atoms with Crippen molar-refractivity contribution in [1.29, 1.82) is 0 Å². The molecular weight excluding hydrogens is 296 g/mol. The monoisotopic (exact) mass is 322 g/mol. The largest absolute Gasteiger partial charge is 0.379 e. The van der Waals surface area contributed by atoms with Crippen molar-refractivity contribution in [3.8, 4) is 0 Å². The number of amides is 1. The predicted octanol–water partition coefficient (Wildman–Crippen LogP) is 2.41. The maximum absolute atomic E-state index is 12.8. The highest BCUT2D eigenvalue weighted by atomic mass is 32.1. The average molecular weight is 322 g/mol. The minimum Gasteiger partial charge on any atom is -0.379 e. The predicted molar refractivity (Wildman–Crippen MR) is 89.7 cm³/mol. The van der Waals surface area contributed by atoms with E-state index in [1.54, 1.807) is 11.3 Å². The molecule has 2 aliphatic heterocycles. The second-order valence-corrected chi connectivity index (χ2v) is 7.61. The molecule has 3 rings (SSSR count). The summed E-state index contributed by atoms with van der Waals surface area (Å²) in [7, 11) is 0. The zero-order chi connectivity index (χ0) is 15.7. The van der Waals surface area contributed by atoms with Crippen LogP contribution in [0.5, 0.6) is 0 Å². The number of hydrogen-bond acceptors (Lipinski definition) is 4. The van der Waals surface area contributed by atoms with E-state index < -0.39 is 0 Å². The molecule has 0 unspecified atom stereocenters. The number of ether oxygens (including phenoxy) is 1. The Labute approximate surface area is 137 Å². The van der Waals surface area contributed by atoms with Crippen LogP contribution in [0.2, 0.25) is 0 Å². The number of carbonyl (C=O) groups excluding carboxylic acids is 1. The van der Waals surface area contributed by atoms with Gasteiger partial charge in [-0.2, -0.15) is 0 Å². The van der Waals surface area contributed by atoms with Crippen LogP contribution in [0.3, 0.4) is 0 Å². The Morgan fingerprint density at radius 1 is 1.36 bits per heavy atom. The molecule has 1 aromatic rings. The summed E-state index contributed by atoms with van der Waals surface area (Å²) in [6.07, 6.45) is 1.01. The molecule has 5 heteroatoms. The smallest absolute Gasteiger partial charge is 0.264 e. The lowest BCUT2D eigenvalue weighted by molar-refractivity contribution is 0.0119. The fourth-order valence-electron chi connectivity index (χ4n) is 3.63. The molecule has 122 valence electrons. The first-order valence-electron chi connectivity index (χ1n) is 8.30. The van der Waals surface area contributed by atoms with Gasteiger partial charge in [-0.3, -0.25) is 9.69 Å². The fourth-order valence-corrected chi connectivity index (χ4v) is 4.71. The van der Waals surface area contributed by atoms with Crippen molar-refractivity contribution in [2.75, 3.05) is 39.4 Å². The summed E-state index contributed by atoms with van der Waals surface area (Å²) < 4.78 is 5.45. The molecule has 4 nitrogen and oxygen atoms in total. The Morgan fingerprint density at radius 3 is 2.73 bits per heavy atom. The highest BCUT2D eigenvalue weighted by Crippen LogP contribution is 2.28.